The minimum Gasteiger partial charge on any atom is -0.324 e. The number of rotatable bonds is 6. The minimum atomic E-state index is -0.0769. The van der Waals surface area contributed by atoms with E-state index in [1.54, 1.807) is 17.2 Å². The number of nitrogens with one attached hydrogen (secondary N) is 1. The number of halogens is 1. The fraction of sp³-hybridized carbons (Fsp3) is 0.100. The van der Waals surface area contributed by atoms with Crippen molar-refractivity contribution in [2.24, 2.45) is 0 Å². The van der Waals surface area contributed by atoms with E-state index in [0.29, 0.717) is 18.5 Å². The maximum atomic E-state index is 12.5. The summed E-state index contributed by atoms with van der Waals surface area (Å²) in [6.45, 7) is 0. The lowest BCUT2D eigenvalue weighted by molar-refractivity contribution is -0.116. The van der Waals surface area contributed by atoms with Crippen molar-refractivity contribution in [2.45, 2.75) is 12.8 Å². The molecule has 4 aromatic rings. The molecule has 0 saturated heterocycles. The second kappa shape index (κ2) is 8.18. The molecule has 2 heterocycles. The second-order valence-corrected chi connectivity index (χ2v) is 7.09. The summed E-state index contributed by atoms with van der Waals surface area (Å²) in [4.78, 5) is 16.5. The third-order valence-corrected chi connectivity index (χ3v) is 4.69. The standard InChI is InChI=1S/C20H17BrN6O/c21-16-7-8-19(27-14-22-13-24-27)18(10-16)25-20(28)9-6-15-11-23-26(12-15)17-4-2-1-3-5-17/h1-5,7-8,10-14H,6,9H2,(H,25,28). The van der Waals surface area contributed by atoms with Crippen LogP contribution in [0.15, 0.2) is 78.1 Å². The van der Waals surface area contributed by atoms with Crippen LogP contribution in [0.25, 0.3) is 11.4 Å². The van der Waals surface area contributed by atoms with Crippen LogP contribution in [0.4, 0.5) is 5.69 Å². The molecule has 0 saturated carbocycles. The van der Waals surface area contributed by atoms with Crippen LogP contribution in [-0.4, -0.2) is 30.5 Å². The van der Waals surface area contributed by atoms with Gasteiger partial charge in [-0.2, -0.15) is 10.2 Å². The average Bonchev–Trinajstić information content (AvgIpc) is 3.39. The Morgan fingerprint density at radius 3 is 2.71 bits per heavy atom. The zero-order chi connectivity index (χ0) is 19.3. The number of amides is 1. The Hall–Kier alpha value is -3.26. The maximum absolute atomic E-state index is 12.5. The molecule has 0 aliphatic heterocycles. The lowest BCUT2D eigenvalue weighted by Gasteiger charge is -2.11. The molecule has 1 N–H and O–H groups in total. The van der Waals surface area contributed by atoms with Crippen LogP contribution in [0, 0.1) is 0 Å². The third kappa shape index (κ3) is 4.17. The maximum Gasteiger partial charge on any atom is 0.224 e. The zero-order valence-electron chi connectivity index (χ0n) is 14.9. The van der Waals surface area contributed by atoms with Crippen LogP contribution < -0.4 is 5.32 Å². The van der Waals surface area contributed by atoms with Crippen LogP contribution in [0.2, 0.25) is 0 Å². The van der Waals surface area contributed by atoms with Gasteiger partial charge in [-0.3, -0.25) is 4.79 Å². The van der Waals surface area contributed by atoms with Gasteiger partial charge in [0.05, 0.1) is 23.3 Å². The van der Waals surface area contributed by atoms with Crippen molar-refractivity contribution in [1.29, 1.82) is 0 Å². The second-order valence-electron chi connectivity index (χ2n) is 6.18. The number of benzene rings is 2. The number of carbonyl (C=O) groups excluding carboxylic acids is 1. The van der Waals surface area contributed by atoms with Crippen LogP contribution >= 0.6 is 15.9 Å². The molecule has 2 aromatic heterocycles. The first-order valence-electron chi connectivity index (χ1n) is 8.72. The molecule has 28 heavy (non-hydrogen) atoms. The van der Waals surface area contributed by atoms with Gasteiger partial charge in [0.15, 0.2) is 0 Å². The lowest BCUT2D eigenvalue weighted by Crippen LogP contribution is -2.14. The molecule has 1 amide bonds. The van der Waals surface area contributed by atoms with E-state index in [1.807, 2.05) is 59.4 Å². The van der Waals surface area contributed by atoms with Crippen LogP contribution in [-0.2, 0) is 11.2 Å². The van der Waals surface area contributed by atoms with Crippen LogP contribution in [0.5, 0.6) is 0 Å². The molecule has 0 atom stereocenters. The number of hydrogen-bond acceptors (Lipinski definition) is 4. The van der Waals surface area contributed by atoms with E-state index in [1.165, 1.54) is 6.33 Å². The Bertz CT molecular complexity index is 1080. The first kappa shape index (κ1) is 18.1. The van der Waals surface area contributed by atoms with Crippen molar-refractivity contribution in [3.63, 3.8) is 0 Å². The number of carbonyl (C=O) groups is 1. The summed E-state index contributed by atoms with van der Waals surface area (Å²) in [6.07, 6.45) is 7.74. The van der Waals surface area contributed by atoms with Crippen LogP contribution in [0.3, 0.4) is 0 Å². The van der Waals surface area contributed by atoms with Crippen molar-refractivity contribution >= 4 is 27.5 Å². The Labute approximate surface area is 170 Å². The summed E-state index contributed by atoms with van der Waals surface area (Å²) in [5.74, 6) is -0.0769. The SMILES string of the molecule is O=C(CCc1cnn(-c2ccccc2)c1)Nc1cc(Br)ccc1-n1cncn1. The molecule has 140 valence electrons. The van der Waals surface area contributed by atoms with Gasteiger partial charge in [0.1, 0.15) is 12.7 Å². The van der Waals surface area contributed by atoms with E-state index in [2.05, 4.69) is 36.4 Å². The summed E-state index contributed by atoms with van der Waals surface area (Å²) in [5.41, 5.74) is 3.42. The molecule has 0 spiro atoms. The molecule has 0 aliphatic rings. The molecule has 7 nitrogen and oxygen atoms in total. The van der Waals surface area contributed by atoms with E-state index in [-0.39, 0.29) is 5.91 Å². The highest BCUT2D eigenvalue weighted by atomic mass is 79.9. The highest BCUT2D eigenvalue weighted by Crippen LogP contribution is 2.24. The molecule has 2 aromatic carbocycles. The molecule has 0 unspecified atom stereocenters. The molecule has 8 heteroatoms. The van der Waals surface area contributed by atoms with Gasteiger partial charge < -0.3 is 5.32 Å². The fourth-order valence-electron chi connectivity index (χ4n) is 2.82. The number of para-hydroxylation sites is 1. The van der Waals surface area contributed by atoms with Crippen molar-refractivity contribution < 1.29 is 4.79 Å². The Morgan fingerprint density at radius 2 is 1.93 bits per heavy atom. The van der Waals surface area contributed by atoms with E-state index >= 15 is 0 Å². The van der Waals surface area contributed by atoms with Crippen LogP contribution in [0.1, 0.15) is 12.0 Å². The molecular formula is C20H17BrN6O. The number of aryl methyl sites for hydroxylation is 1. The summed E-state index contributed by atoms with van der Waals surface area (Å²) in [7, 11) is 0. The summed E-state index contributed by atoms with van der Waals surface area (Å²) < 4.78 is 4.30. The first-order valence-corrected chi connectivity index (χ1v) is 9.52. The van der Waals surface area contributed by atoms with Gasteiger partial charge in [-0.1, -0.05) is 34.1 Å². The number of anilines is 1. The van der Waals surface area contributed by atoms with Gasteiger partial charge in [0.2, 0.25) is 5.91 Å². The normalized spacial score (nSPS) is 10.8. The summed E-state index contributed by atoms with van der Waals surface area (Å²) in [6, 6.07) is 15.5. The molecule has 0 fully saturated rings. The molecule has 0 bridgehead atoms. The van der Waals surface area contributed by atoms with E-state index < -0.39 is 0 Å². The zero-order valence-corrected chi connectivity index (χ0v) is 16.5. The topological polar surface area (TPSA) is 77.6 Å². The fourth-order valence-corrected chi connectivity index (χ4v) is 3.18. The highest BCUT2D eigenvalue weighted by molar-refractivity contribution is 9.10. The Balaban J connectivity index is 1.42. The van der Waals surface area contributed by atoms with Crippen molar-refractivity contribution in [1.82, 2.24) is 24.5 Å². The summed E-state index contributed by atoms with van der Waals surface area (Å²) >= 11 is 3.44. The van der Waals surface area contributed by atoms with Gasteiger partial charge in [-0.05, 0) is 42.3 Å². The predicted octanol–water partition coefficient (Wildman–Crippen LogP) is 3.79. The smallest absolute Gasteiger partial charge is 0.224 e. The molecule has 0 radical (unpaired) electrons. The molecule has 4 rings (SSSR count). The Morgan fingerprint density at radius 1 is 1.07 bits per heavy atom. The Kier molecular flexibility index (Phi) is 5.29. The van der Waals surface area contributed by atoms with E-state index in [9.17, 15) is 4.79 Å². The van der Waals surface area contributed by atoms with Gasteiger partial charge in [-0.25, -0.2) is 14.3 Å². The van der Waals surface area contributed by atoms with Crippen molar-refractivity contribution in [3.8, 4) is 11.4 Å². The van der Waals surface area contributed by atoms with Crippen molar-refractivity contribution in [3.05, 3.63) is 83.6 Å². The minimum absolute atomic E-state index is 0.0769. The number of nitrogens with zero attached hydrogens (tertiary/aromatic N) is 5. The summed E-state index contributed by atoms with van der Waals surface area (Å²) in [5, 5.41) is 11.5. The van der Waals surface area contributed by atoms with Crippen molar-refractivity contribution in [2.75, 3.05) is 5.32 Å². The quantitative estimate of drug-likeness (QED) is 0.498. The van der Waals surface area contributed by atoms with E-state index in [0.717, 1.165) is 21.4 Å². The molecular weight excluding hydrogens is 420 g/mol. The van der Waals surface area contributed by atoms with Gasteiger partial charge in [-0.15, -0.1) is 0 Å². The van der Waals surface area contributed by atoms with Gasteiger partial charge in [0.25, 0.3) is 0 Å². The monoisotopic (exact) mass is 436 g/mol. The largest absolute Gasteiger partial charge is 0.324 e. The lowest BCUT2D eigenvalue weighted by atomic mass is 10.2. The molecule has 0 aliphatic carbocycles. The predicted molar refractivity (Wildman–Crippen MR) is 110 cm³/mol. The third-order valence-electron chi connectivity index (χ3n) is 4.20. The van der Waals surface area contributed by atoms with Gasteiger partial charge in [0, 0.05) is 17.1 Å². The van der Waals surface area contributed by atoms with E-state index in [4.69, 9.17) is 0 Å². The number of aromatic nitrogens is 5. The van der Waals surface area contributed by atoms with Gasteiger partial charge >= 0.3 is 0 Å². The average molecular weight is 437 g/mol. The highest BCUT2D eigenvalue weighted by Gasteiger charge is 2.11. The first-order chi connectivity index (χ1) is 13.7. The number of hydrogen-bond donors (Lipinski definition) is 1.